The van der Waals surface area contributed by atoms with Crippen LogP contribution >= 0.6 is 0 Å². The number of fused-ring (bicyclic) bond motifs is 1. The quantitative estimate of drug-likeness (QED) is 0.709. The lowest BCUT2D eigenvalue weighted by atomic mass is 10.1. The second kappa shape index (κ2) is 3.78. The molecule has 0 fully saturated rings. The number of nitrogens with zero attached hydrogens (tertiary/aromatic N) is 1. The minimum Gasteiger partial charge on any atom is -0.452 e. The summed E-state index contributed by atoms with van der Waals surface area (Å²) >= 11 is 0. The van der Waals surface area contributed by atoms with Crippen molar-refractivity contribution in [3.63, 3.8) is 0 Å². The second-order valence-electron chi connectivity index (χ2n) is 4.06. The van der Waals surface area contributed by atoms with Gasteiger partial charge in [-0.3, -0.25) is 5.10 Å². The first-order valence-corrected chi connectivity index (χ1v) is 5.35. The number of aromatic nitrogens is 2. The van der Waals surface area contributed by atoms with E-state index in [0.29, 0.717) is 22.3 Å². The lowest BCUT2D eigenvalue weighted by molar-refractivity contribution is -0.152. The van der Waals surface area contributed by atoms with Crippen molar-refractivity contribution in [2.75, 3.05) is 5.73 Å². The molecule has 7 heteroatoms. The van der Waals surface area contributed by atoms with E-state index in [0.717, 1.165) is 6.07 Å². The largest absolute Gasteiger partial charge is 0.452 e. The van der Waals surface area contributed by atoms with Gasteiger partial charge in [0.05, 0.1) is 6.20 Å². The molecule has 2 aromatic heterocycles. The van der Waals surface area contributed by atoms with E-state index < -0.39 is 11.9 Å². The van der Waals surface area contributed by atoms with E-state index in [9.17, 15) is 13.2 Å². The number of H-pyrrole nitrogens is 1. The number of nitrogens with two attached hydrogens (primary N) is 1. The number of benzene rings is 1. The summed E-state index contributed by atoms with van der Waals surface area (Å²) in [5, 5.41) is 6.70. The van der Waals surface area contributed by atoms with Crippen molar-refractivity contribution in [2.24, 2.45) is 0 Å². The molecule has 1 aromatic carbocycles. The Balaban J connectivity index is 2.14. The zero-order valence-corrected chi connectivity index (χ0v) is 9.45. The SMILES string of the molecule is Nc1[nH]ncc1-c1ccc2oc(C(F)(F)F)cc2c1. The standard InChI is InChI=1S/C12H8F3N3O/c13-12(14,15)10-4-7-3-6(1-2-9(7)19-10)8-5-17-18-11(8)16/h1-5H,(H3,16,17,18). The van der Waals surface area contributed by atoms with Gasteiger partial charge < -0.3 is 10.2 Å². The van der Waals surface area contributed by atoms with Gasteiger partial charge in [-0.1, -0.05) is 6.07 Å². The molecule has 0 atom stereocenters. The van der Waals surface area contributed by atoms with Gasteiger partial charge in [-0.25, -0.2) is 0 Å². The Bertz CT molecular complexity index is 742. The first-order chi connectivity index (χ1) is 8.95. The lowest BCUT2D eigenvalue weighted by Gasteiger charge is -1.99. The molecule has 3 aromatic rings. The number of rotatable bonds is 1. The molecule has 0 amide bonds. The van der Waals surface area contributed by atoms with E-state index in [1.54, 1.807) is 12.1 Å². The summed E-state index contributed by atoms with van der Waals surface area (Å²) in [5.41, 5.74) is 7.16. The lowest BCUT2D eigenvalue weighted by Crippen LogP contribution is -2.01. The van der Waals surface area contributed by atoms with E-state index in [1.165, 1.54) is 12.3 Å². The maximum absolute atomic E-state index is 12.5. The van der Waals surface area contributed by atoms with Crippen LogP contribution in [-0.2, 0) is 6.18 Å². The van der Waals surface area contributed by atoms with Crippen molar-refractivity contribution in [3.05, 3.63) is 36.2 Å². The average molecular weight is 267 g/mol. The van der Waals surface area contributed by atoms with E-state index in [-0.39, 0.29) is 5.58 Å². The van der Waals surface area contributed by atoms with Gasteiger partial charge in [0, 0.05) is 10.9 Å². The average Bonchev–Trinajstić information content (AvgIpc) is 2.92. The fourth-order valence-electron chi connectivity index (χ4n) is 1.88. The van der Waals surface area contributed by atoms with Crippen LogP contribution in [-0.4, -0.2) is 10.2 Å². The fraction of sp³-hybridized carbons (Fsp3) is 0.0833. The number of nitrogen functional groups attached to an aromatic ring is 1. The van der Waals surface area contributed by atoms with Crippen molar-refractivity contribution >= 4 is 16.8 Å². The van der Waals surface area contributed by atoms with Gasteiger partial charge in [-0.05, 0) is 23.8 Å². The van der Waals surface area contributed by atoms with E-state index in [4.69, 9.17) is 10.2 Å². The Hall–Kier alpha value is -2.44. The molecule has 3 rings (SSSR count). The van der Waals surface area contributed by atoms with Crippen molar-refractivity contribution in [3.8, 4) is 11.1 Å². The molecule has 0 radical (unpaired) electrons. The molecule has 4 nitrogen and oxygen atoms in total. The molecule has 0 aliphatic carbocycles. The molecule has 0 aliphatic heterocycles. The molecular formula is C12H8F3N3O. The third kappa shape index (κ3) is 1.92. The monoisotopic (exact) mass is 267 g/mol. The van der Waals surface area contributed by atoms with Crippen LogP contribution in [0.1, 0.15) is 5.76 Å². The van der Waals surface area contributed by atoms with Crippen LogP contribution < -0.4 is 5.73 Å². The topological polar surface area (TPSA) is 67.8 Å². The van der Waals surface area contributed by atoms with Gasteiger partial charge in [-0.15, -0.1) is 0 Å². The minimum absolute atomic E-state index is 0.179. The maximum Gasteiger partial charge on any atom is 0.449 e. The van der Waals surface area contributed by atoms with Crippen LogP contribution in [0, 0.1) is 0 Å². The molecule has 98 valence electrons. The minimum atomic E-state index is -4.49. The normalized spacial score (nSPS) is 12.2. The van der Waals surface area contributed by atoms with Gasteiger partial charge in [-0.2, -0.15) is 18.3 Å². The molecule has 0 saturated heterocycles. The highest BCUT2D eigenvalue weighted by Gasteiger charge is 2.35. The highest BCUT2D eigenvalue weighted by molar-refractivity contribution is 5.86. The first kappa shape index (κ1) is 11.6. The number of furan rings is 1. The van der Waals surface area contributed by atoms with Gasteiger partial charge in [0.1, 0.15) is 11.4 Å². The summed E-state index contributed by atoms with van der Waals surface area (Å²) in [5.74, 6) is -0.654. The van der Waals surface area contributed by atoms with Crippen LogP contribution in [0.5, 0.6) is 0 Å². The third-order valence-corrected chi connectivity index (χ3v) is 2.78. The highest BCUT2D eigenvalue weighted by Crippen LogP contribution is 2.35. The van der Waals surface area contributed by atoms with Gasteiger partial charge in [0.15, 0.2) is 0 Å². The van der Waals surface area contributed by atoms with Crippen LogP contribution in [0.2, 0.25) is 0 Å². The van der Waals surface area contributed by atoms with E-state index in [1.807, 2.05) is 0 Å². The zero-order valence-electron chi connectivity index (χ0n) is 9.45. The van der Waals surface area contributed by atoms with Crippen LogP contribution in [0.3, 0.4) is 0 Å². The van der Waals surface area contributed by atoms with Crippen LogP contribution in [0.4, 0.5) is 19.0 Å². The third-order valence-electron chi connectivity index (χ3n) is 2.78. The van der Waals surface area contributed by atoms with Gasteiger partial charge in [0.2, 0.25) is 5.76 Å². The number of hydrogen-bond donors (Lipinski definition) is 2. The highest BCUT2D eigenvalue weighted by atomic mass is 19.4. The Morgan fingerprint density at radius 2 is 2.00 bits per heavy atom. The Morgan fingerprint density at radius 3 is 2.63 bits per heavy atom. The molecule has 0 spiro atoms. The van der Waals surface area contributed by atoms with Crippen molar-refractivity contribution in [2.45, 2.75) is 6.18 Å². The smallest absolute Gasteiger partial charge is 0.449 e. The van der Waals surface area contributed by atoms with E-state index >= 15 is 0 Å². The predicted molar refractivity (Wildman–Crippen MR) is 63.2 cm³/mol. The van der Waals surface area contributed by atoms with E-state index in [2.05, 4.69) is 10.2 Å². The fourth-order valence-corrected chi connectivity index (χ4v) is 1.88. The zero-order chi connectivity index (χ0) is 13.6. The summed E-state index contributed by atoms with van der Waals surface area (Å²) < 4.78 is 42.4. The number of nitrogens with one attached hydrogen (secondary N) is 1. The molecular weight excluding hydrogens is 259 g/mol. The number of hydrogen-bond acceptors (Lipinski definition) is 3. The molecule has 0 aliphatic rings. The molecule has 19 heavy (non-hydrogen) atoms. The number of alkyl halides is 3. The van der Waals surface area contributed by atoms with Gasteiger partial charge >= 0.3 is 6.18 Å². The summed E-state index contributed by atoms with van der Waals surface area (Å²) in [7, 11) is 0. The molecule has 0 saturated carbocycles. The maximum atomic E-state index is 12.5. The molecule has 0 unspecified atom stereocenters. The van der Waals surface area contributed by atoms with Crippen LogP contribution in [0.25, 0.3) is 22.1 Å². The molecule has 3 N–H and O–H groups in total. The summed E-state index contributed by atoms with van der Waals surface area (Å²) in [4.78, 5) is 0. The van der Waals surface area contributed by atoms with Crippen LogP contribution in [0.15, 0.2) is 34.9 Å². The Kier molecular flexibility index (Phi) is 2.31. The number of halogens is 3. The number of aromatic amines is 1. The summed E-state index contributed by atoms with van der Waals surface area (Å²) in [6.07, 6.45) is -2.98. The Morgan fingerprint density at radius 1 is 1.21 bits per heavy atom. The molecule has 0 bridgehead atoms. The summed E-state index contributed by atoms with van der Waals surface area (Å²) in [6, 6.07) is 5.66. The van der Waals surface area contributed by atoms with Crippen molar-refractivity contribution in [1.29, 1.82) is 0 Å². The van der Waals surface area contributed by atoms with Crippen molar-refractivity contribution in [1.82, 2.24) is 10.2 Å². The van der Waals surface area contributed by atoms with Crippen molar-refractivity contribution < 1.29 is 17.6 Å². The summed E-state index contributed by atoms with van der Waals surface area (Å²) in [6.45, 7) is 0. The first-order valence-electron chi connectivity index (χ1n) is 5.35. The predicted octanol–water partition coefficient (Wildman–Crippen LogP) is 3.42. The molecule has 2 heterocycles. The van der Waals surface area contributed by atoms with Gasteiger partial charge in [0.25, 0.3) is 0 Å². The Labute approximate surface area is 105 Å². The second-order valence-corrected chi connectivity index (χ2v) is 4.06. The number of anilines is 1.